The summed E-state index contributed by atoms with van der Waals surface area (Å²) in [6, 6.07) is -0.171. The number of Topliss-reactive ketones (excluding diaryl/α,β-unsaturated/α-hetero) is 2. The van der Waals surface area contributed by atoms with Crippen LogP contribution in [0.2, 0.25) is 0 Å². The van der Waals surface area contributed by atoms with Gasteiger partial charge in [-0.2, -0.15) is 0 Å². The molecule has 112 valence electrons. The molecular weight excluding hydrogens is 228 g/mol. The lowest BCUT2D eigenvalue weighted by Crippen LogP contribution is -2.31. The minimum Gasteiger partial charge on any atom is -0.322 e. The van der Waals surface area contributed by atoms with Crippen LogP contribution in [-0.2, 0) is 9.59 Å². The van der Waals surface area contributed by atoms with Crippen molar-refractivity contribution < 1.29 is 9.59 Å². The van der Waals surface area contributed by atoms with Crippen molar-refractivity contribution in [2.75, 3.05) is 7.05 Å². The lowest BCUT2D eigenvalue weighted by atomic mass is 10.1. The van der Waals surface area contributed by atoms with E-state index in [9.17, 15) is 9.59 Å². The van der Waals surface area contributed by atoms with Gasteiger partial charge in [0.1, 0.15) is 11.6 Å². The molecule has 0 aromatic heterocycles. The highest BCUT2D eigenvalue weighted by molar-refractivity contribution is 5.81. The second-order valence-corrected chi connectivity index (χ2v) is 3.49. The fourth-order valence-electron chi connectivity index (χ4n) is 0.982. The van der Waals surface area contributed by atoms with Crippen LogP contribution in [0.25, 0.3) is 0 Å². The Kier molecular flexibility index (Phi) is 26.8. The van der Waals surface area contributed by atoms with Crippen molar-refractivity contribution in [1.82, 2.24) is 5.32 Å². The van der Waals surface area contributed by atoms with Crippen molar-refractivity contribution in [1.29, 1.82) is 0 Å². The van der Waals surface area contributed by atoms with Gasteiger partial charge in [-0.3, -0.25) is 9.59 Å². The van der Waals surface area contributed by atoms with Crippen LogP contribution in [0.3, 0.4) is 0 Å². The fourth-order valence-corrected chi connectivity index (χ4v) is 0.982. The van der Waals surface area contributed by atoms with Crippen molar-refractivity contribution >= 4 is 11.6 Å². The maximum atomic E-state index is 10.5. The Morgan fingerprint density at radius 2 is 1.44 bits per heavy atom. The molecule has 0 fully saturated rings. The quantitative estimate of drug-likeness (QED) is 0.798. The van der Waals surface area contributed by atoms with Gasteiger partial charge < -0.3 is 11.1 Å². The predicted molar refractivity (Wildman–Crippen MR) is 80.8 cm³/mol. The summed E-state index contributed by atoms with van der Waals surface area (Å²) < 4.78 is 0. The van der Waals surface area contributed by atoms with E-state index in [1.807, 2.05) is 27.7 Å². The largest absolute Gasteiger partial charge is 0.322 e. The molecule has 0 heterocycles. The van der Waals surface area contributed by atoms with Gasteiger partial charge in [-0.1, -0.05) is 35.1 Å². The summed E-state index contributed by atoms with van der Waals surface area (Å²) in [6.07, 6.45) is 1.63. The summed E-state index contributed by atoms with van der Waals surface area (Å²) >= 11 is 0. The first kappa shape index (κ1) is 26.0. The zero-order valence-electron chi connectivity index (χ0n) is 12.5. The van der Waals surface area contributed by atoms with Crippen LogP contribution in [0, 0.1) is 0 Å². The van der Waals surface area contributed by atoms with E-state index in [-0.39, 0.29) is 31.1 Å². The molecule has 0 aromatic rings. The maximum absolute atomic E-state index is 10.5. The highest BCUT2D eigenvalue weighted by atomic mass is 16.1. The summed E-state index contributed by atoms with van der Waals surface area (Å²) in [7, 11) is 1.80. The third-order valence-corrected chi connectivity index (χ3v) is 2.21. The molecule has 0 radical (unpaired) electrons. The first-order valence-corrected chi connectivity index (χ1v) is 6.34. The highest BCUT2D eigenvalue weighted by Crippen LogP contribution is 1.88. The van der Waals surface area contributed by atoms with Gasteiger partial charge in [0.2, 0.25) is 0 Å². The Balaban J connectivity index is -0.0000000916. The van der Waals surface area contributed by atoms with Crippen LogP contribution in [0.4, 0.5) is 0 Å². The number of rotatable bonds is 5. The van der Waals surface area contributed by atoms with Crippen LogP contribution >= 0.6 is 0 Å². The molecule has 0 saturated carbocycles. The average Bonchev–Trinajstić information content (AvgIpc) is 2.32. The molecule has 3 N–H and O–H groups in total. The molecule has 0 aliphatic carbocycles. The van der Waals surface area contributed by atoms with Gasteiger partial charge in [0.05, 0.1) is 12.1 Å². The van der Waals surface area contributed by atoms with E-state index in [2.05, 4.69) is 5.32 Å². The Morgan fingerprint density at radius 1 is 1.06 bits per heavy atom. The van der Waals surface area contributed by atoms with Crippen LogP contribution in [0.15, 0.2) is 0 Å². The third kappa shape index (κ3) is 17.6. The van der Waals surface area contributed by atoms with Crippen molar-refractivity contribution in [3.05, 3.63) is 0 Å². The normalized spacial score (nSPS) is 11.6. The molecule has 2 atom stereocenters. The molecule has 4 heteroatoms. The minimum absolute atomic E-state index is 0. The van der Waals surface area contributed by atoms with Crippen molar-refractivity contribution in [2.24, 2.45) is 5.73 Å². The molecule has 0 bridgehead atoms. The van der Waals surface area contributed by atoms with Gasteiger partial charge in [0.25, 0.3) is 0 Å². The van der Waals surface area contributed by atoms with Gasteiger partial charge in [-0.25, -0.2) is 0 Å². The number of hydrogen-bond acceptors (Lipinski definition) is 4. The molecule has 4 nitrogen and oxygen atoms in total. The highest BCUT2D eigenvalue weighted by Gasteiger charge is 2.05. The summed E-state index contributed by atoms with van der Waals surface area (Å²) in [5.74, 6) is 0.289. The van der Waals surface area contributed by atoms with Crippen LogP contribution in [0.1, 0.15) is 61.8 Å². The van der Waals surface area contributed by atoms with E-state index >= 15 is 0 Å². The molecule has 0 saturated heterocycles. The van der Waals surface area contributed by atoms with Gasteiger partial charge in [-0.15, -0.1) is 0 Å². The molecule has 0 amide bonds. The lowest BCUT2D eigenvalue weighted by molar-refractivity contribution is -0.119. The van der Waals surface area contributed by atoms with Crippen molar-refractivity contribution in [3.8, 4) is 0 Å². The van der Waals surface area contributed by atoms with E-state index in [4.69, 9.17) is 5.73 Å². The molecule has 0 aliphatic heterocycles. The van der Waals surface area contributed by atoms with E-state index in [0.717, 1.165) is 12.8 Å². The van der Waals surface area contributed by atoms with Crippen LogP contribution < -0.4 is 11.1 Å². The fraction of sp³-hybridized carbons (Fsp3) is 0.857. The van der Waals surface area contributed by atoms with E-state index in [1.165, 1.54) is 6.92 Å². The van der Waals surface area contributed by atoms with E-state index < -0.39 is 0 Å². The number of likely N-dealkylation sites (N-methyl/N-ethyl adjacent to an activating group) is 1. The summed E-state index contributed by atoms with van der Waals surface area (Å²) in [4.78, 5) is 20.8. The Hall–Kier alpha value is -0.740. The first-order valence-electron chi connectivity index (χ1n) is 6.34. The Bertz CT molecular complexity index is 190. The molecule has 0 aliphatic rings. The second-order valence-electron chi connectivity index (χ2n) is 3.49. The summed E-state index contributed by atoms with van der Waals surface area (Å²) in [5, 5.41) is 2.90. The van der Waals surface area contributed by atoms with Crippen LogP contribution in [0.5, 0.6) is 0 Å². The number of carbonyl (C=O) groups is 2. The molecular formula is C14H34N2O2. The number of ketones is 2. The smallest absolute Gasteiger partial charge is 0.146 e. The summed E-state index contributed by atoms with van der Waals surface area (Å²) in [6.45, 7) is 11.0. The van der Waals surface area contributed by atoms with Crippen molar-refractivity contribution in [3.63, 3.8) is 0 Å². The van der Waals surface area contributed by atoms with Gasteiger partial charge in [0, 0.05) is 0 Å². The average molecular weight is 262 g/mol. The monoisotopic (exact) mass is 262 g/mol. The minimum atomic E-state index is -0.236. The van der Waals surface area contributed by atoms with Crippen molar-refractivity contribution in [2.45, 2.75) is 73.9 Å². The lowest BCUT2D eigenvalue weighted by Gasteiger charge is -2.07. The standard InChI is InChI=1S/C6H13NO.C5H11NO.C2H6.CH4/c1-4-6(7-3)5(2)8;1-3-5(6)4(2)7;1-2;/h6-7H,4H2,1-3H3;5H,3,6H2,1-2H3;1-2H3;1H4. The molecule has 18 heavy (non-hydrogen) atoms. The predicted octanol–water partition coefficient (Wildman–Crippen LogP) is 2.55. The second kappa shape index (κ2) is 18.6. The number of nitrogens with one attached hydrogen (secondary N) is 1. The Morgan fingerprint density at radius 3 is 1.44 bits per heavy atom. The molecule has 2 unspecified atom stereocenters. The third-order valence-electron chi connectivity index (χ3n) is 2.21. The zero-order valence-corrected chi connectivity index (χ0v) is 12.5. The molecule has 0 aromatic carbocycles. The summed E-state index contributed by atoms with van der Waals surface area (Å²) in [5.41, 5.74) is 5.27. The van der Waals surface area contributed by atoms with Gasteiger partial charge in [0.15, 0.2) is 0 Å². The maximum Gasteiger partial charge on any atom is 0.146 e. The van der Waals surface area contributed by atoms with Gasteiger partial charge >= 0.3 is 0 Å². The molecule has 0 rings (SSSR count). The van der Waals surface area contributed by atoms with E-state index in [0.29, 0.717) is 0 Å². The van der Waals surface area contributed by atoms with Crippen LogP contribution in [-0.4, -0.2) is 30.7 Å². The Labute approximate surface area is 114 Å². The number of nitrogens with two attached hydrogens (primary N) is 1. The topological polar surface area (TPSA) is 72.2 Å². The van der Waals surface area contributed by atoms with Gasteiger partial charge in [-0.05, 0) is 33.7 Å². The van der Waals surface area contributed by atoms with E-state index in [1.54, 1.807) is 14.0 Å². The molecule has 0 spiro atoms. The number of hydrogen-bond donors (Lipinski definition) is 2. The first-order chi connectivity index (χ1) is 7.90. The number of carbonyl (C=O) groups excluding carboxylic acids is 2. The SMILES string of the molecule is C.CC.CCC(N)C(C)=O.CCC(NC)C(C)=O. The zero-order chi connectivity index (χ0) is 14.4.